The molecule has 2 saturated heterocycles. The van der Waals surface area contributed by atoms with Gasteiger partial charge >= 0.3 is 0 Å². The van der Waals surface area contributed by atoms with Gasteiger partial charge in [0.15, 0.2) is 0 Å². The molecular formula is C25H30BrN3O5S. The van der Waals surface area contributed by atoms with E-state index in [1.165, 1.54) is 4.31 Å². The number of hydrogen-bond donors (Lipinski definition) is 2. The smallest absolute Gasteiger partial charge is 0.253 e. The Morgan fingerprint density at radius 1 is 1.03 bits per heavy atom. The first-order chi connectivity index (χ1) is 16.8. The molecule has 4 rings (SSSR count). The fraction of sp³-hybridized carbons (Fsp3) is 0.440. The van der Waals surface area contributed by atoms with Crippen LogP contribution < -0.4 is 10.6 Å². The van der Waals surface area contributed by atoms with Gasteiger partial charge in [0, 0.05) is 36.6 Å². The maximum Gasteiger partial charge on any atom is 0.253 e. The van der Waals surface area contributed by atoms with Crippen LogP contribution >= 0.6 is 15.9 Å². The third-order valence-electron chi connectivity index (χ3n) is 6.42. The fourth-order valence-corrected chi connectivity index (χ4v) is 6.24. The number of rotatable bonds is 8. The molecule has 2 aliphatic heterocycles. The number of ether oxygens (including phenoxy) is 1. The van der Waals surface area contributed by atoms with Crippen LogP contribution in [-0.4, -0.2) is 56.9 Å². The van der Waals surface area contributed by atoms with E-state index in [9.17, 15) is 18.0 Å². The minimum absolute atomic E-state index is 0.0333. The molecule has 2 N–H and O–H groups in total. The number of sulfonamides is 1. The van der Waals surface area contributed by atoms with Crippen molar-refractivity contribution < 1.29 is 22.7 Å². The molecule has 0 bridgehead atoms. The molecule has 1 atom stereocenters. The maximum absolute atomic E-state index is 13.0. The maximum atomic E-state index is 13.0. The fourth-order valence-electron chi connectivity index (χ4n) is 4.41. The highest BCUT2D eigenvalue weighted by Crippen LogP contribution is 2.25. The van der Waals surface area contributed by atoms with Crippen molar-refractivity contribution in [2.24, 2.45) is 5.92 Å². The van der Waals surface area contributed by atoms with Crippen LogP contribution in [0.15, 0.2) is 53.0 Å². The molecule has 2 heterocycles. The van der Waals surface area contributed by atoms with E-state index in [4.69, 9.17) is 4.74 Å². The summed E-state index contributed by atoms with van der Waals surface area (Å²) in [5.74, 6) is -0.845. The molecule has 0 radical (unpaired) electrons. The highest BCUT2D eigenvalue weighted by Gasteiger charge is 2.31. The zero-order valence-electron chi connectivity index (χ0n) is 19.4. The number of carbonyl (C=O) groups excluding carboxylic acids is 2. The predicted molar refractivity (Wildman–Crippen MR) is 137 cm³/mol. The summed E-state index contributed by atoms with van der Waals surface area (Å²) in [5.41, 5.74) is 1.57. The molecule has 10 heteroatoms. The molecule has 0 aliphatic carbocycles. The van der Waals surface area contributed by atoms with Gasteiger partial charge < -0.3 is 15.4 Å². The van der Waals surface area contributed by atoms with Crippen LogP contribution in [0, 0.1) is 5.92 Å². The Labute approximate surface area is 214 Å². The van der Waals surface area contributed by atoms with Crippen molar-refractivity contribution in [2.45, 2.75) is 37.5 Å². The van der Waals surface area contributed by atoms with Crippen LogP contribution in [0.4, 0.5) is 5.69 Å². The van der Waals surface area contributed by atoms with Crippen molar-refractivity contribution in [3.8, 4) is 0 Å². The standard InChI is InChI=1S/C25H30BrN3O5S/c26-20-9-7-18(8-10-20)17-35(32,33)29-13-11-19(12-14-29)24(30)28-23-6-2-1-5-22(23)25(31)27-16-21-4-3-15-34-21/h1-2,5-10,19,21H,3-4,11-17H2,(H,27,31)(H,28,30)/t21-/m1/s1. The first kappa shape index (κ1) is 25.8. The number of para-hydroxylation sites is 1. The minimum atomic E-state index is -3.47. The number of hydrogen-bond acceptors (Lipinski definition) is 5. The lowest BCUT2D eigenvalue weighted by Crippen LogP contribution is -2.42. The second-order valence-electron chi connectivity index (χ2n) is 8.94. The lowest BCUT2D eigenvalue weighted by molar-refractivity contribution is -0.120. The monoisotopic (exact) mass is 563 g/mol. The summed E-state index contributed by atoms with van der Waals surface area (Å²) in [6.07, 6.45) is 2.82. The first-order valence-electron chi connectivity index (χ1n) is 11.8. The number of carbonyl (C=O) groups is 2. The highest BCUT2D eigenvalue weighted by molar-refractivity contribution is 9.10. The number of amides is 2. The molecule has 2 aromatic carbocycles. The minimum Gasteiger partial charge on any atom is -0.376 e. The van der Waals surface area contributed by atoms with E-state index in [0.717, 1.165) is 29.5 Å². The van der Waals surface area contributed by atoms with Crippen LogP contribution in [0.5, 0.6) is 0 Å². The number of anilines is 1. The summed E-state index contributed by atoms with van der Waals surface area (Å²) in [5, 5.41) is 5.77. The van der Waals surface area contributed by atoms with Gasteiger partial charge in [0.25, 0.3) is 5.91 Å². The van der Waals surface area contributed by atoms with Crippen molar-refractivity contribution in [3.05, 3.63) is 64.1 Å². The molecule has 188 valence electrons. The van der Waals surface area contributed by atoms with Crippen molar-refractivity contribution in [2.75, 3.05) is 31.6 Å². The SMILES string of the molecule is O=C(NC[C@H]1CCCO1)c1ccccc1NC(=O)C1CCN(S(=O)(=O)Cc2ccc(Br)cc2)CC1. The largest absolute Gasteiger partial charge is 0.376 e. The molecule has 0 unspecified atom stereocenters. The van der Waals surface area contributed by atoms with Gasteiger partial charge in [-0.05, 0) is 55.5 Å². The zero-order chi connectivity index (χ0) is 24.8. The van der Waals surface area contributed by atoms with Crippen molar-refractivity contribution in [1.82, 2.24) is 9.62 Å². The molecule has 0 saturated carbocycles. The van der Waals surface area contributed by atoms with Gasteiger partial charge in [-0.1, -0.05) is 40.2 Å². The van der Waals surface area contributed by atoms with E-state index in [1.807, 2.05) is 12.1 Å². The molecule has 2 aromatic rings. The quantitative estimate of drug-likeness (QED) is 0.511. The summed E-state index contributed by atoms with van der Waals surface area (Å²) >= 11 is 3.35. The molecule has 2 amide bonds. The number of nitrogens with zero attached hydrogens (tertiary/aromatic N) is 1. The Hall–Kier alpha value is -2.27. The summed E-state index contributed by atoms with van der Waals surface area (Å²) in [6, 6.07) is 14.1. The molecular weight excluding hydrogens is 534 g/mol. The van der Waals surface area contributed by atoms with E-state index in [-0.39, 0.29) is 29.6 Å². The Kier molecular flexibility index (Phi) is 8.59. The Bertz CT molecular complexity index is 1140. The number of benzene rings is 2. The summed E-state index contributed by atoms with van der Waals surface area (Å²) in [7, 11) is -3.47. The van der Waals surface area contributed by atoms with Gasteiger partial charge in [-0.25, -0.2) is 12.7 Å². The van der Waals surface area contributed by atoms with Crippen LogP contribution in [-0.2, 0) is 25.3 Å². The van der Waals surface area contributed by atoms with Gasteiger partial charge in [0.05, 0.1) is 23.1 Å². The number of halogens is 1. The average Bonchev–Trinajstić information content (AvgIpc) is 3.38. The van der Waals surface area contributed by atoms with Crippen LogP contribution in [0.3, 0.4) is 0 Å². The highest BCUT2D eigenvalue weighted by atomic mass is 79.9. The third-order valence-corrected chi connectivity index (χ3v) is 8.80. The summed E-state index contributed by atoms with van der Waals surface area (Å²) in [4.78, 5) is 25.7. The van der Waals surface area contributed by atoms with E-state index in [0.29, 0.717) is 43.7 Å². The average molecular weight is 565 g/mol. The van der Waals surface area contributed by atoms with Crippen LogP contribution in [0.25, 0.3) is 0 Å². The molecule has 0 aromatic heterocycles. The van der Waals surface area contributed by atoms with Crippen molar-refractivity contribution in [3.63, 3.8) is 0 Å². The van der Waals surface area contributed by atoms with Crippen molar-refractivity contribution >= 4 is 43.5 Å². The second kappa shape index (κ2) is 11.6. The third kappa shape index (κ3) is 6.91. The number of nitrogens with one attached hydrogen (secondary N) is 2. The van der Waals surface area contributed by atoms with Crippen LogP contribution in [0.1, 0.15) is 41.6 Å². The Balaban J connectivity index is 1.31. The van der Waals surface area contributed by atoms with E-state index in [2.05, 4.69) is 26.6 Å². The second-order valence-corrected chi connectivity index (χ2v) is 11.8. The van der Waals surface area contributed by atoms with Gasteiger partial charge in [0.2, 0.25) is 15.9 Å². The molecule has 0 spiro atoms. The van der Waals surface area contributed by atoms with E-state index in [1.54, 1.807) is 36.4 Å². The predicted octanol–water partition coefficient (Wildman–Crippen LogP) is 3.54. The van der Waals surface area contributed by atoms with E-state index < -0.39 is 10.0 Å². The molecule has 2 fully saturated rings. The van der Waals surface area contributed by atoms with Gasteiger partial charge in [-0.2, -0.15) is 0 Å². The zero-order valence-corrected chi connectivity index (χ0v) is 21.8. The van der Waals surface area contributed by atoms with Crippen molar-refractivity contribution in [1.29, 1.82) is 0 Å². The Morgan fingerprint density at radius 3 is 2.43 bits per heavy atom. The normalized spacial score (nSPS) is 19.4. The van der Waals surface area contributed by atoms with Gasteiger partial charge in [-0.15, -0.1) is 0 Å². The van der Waals surface area contributed by atoms with Gasteiger partial charge in [-0.3, -0.25) is 9.59 Å². The number of piperidine rings is 1. The first-order valence-corrected chi connectivity index (χ1v) is 14.2. The lowest BCUT2D eigenvalue weighted by Gasteiger charge is -2.30. The molecule has 2 aliphatic rings. The summed E-state index contributed by atoms with van der Waals surface area (Å²) in [6.45, 7) is 1.74. The topological polar surface area (TPSA) is 105 Å². The molecule has 8 nitrogen and oxygen atoms in total. The van der Waals surface area contributed by atoms with Gasteiger partial charge in [0.1, 0.15) is 0 Å². The summed E-state index contributed by atoms with van der Waals surface area (Å²) < 4.78 is 33.6. The lowest BCUT2D eigenvalue weighted by atomic mass is 9.97. The Morgan fingerprint density at radius 2 is 1.74 bits per heavy atom. The van der Waals surface area contributed by atoms with Crippen LogP contribution in [0.2, 0.25) is 0 Å². The van der Waals surface area contributed by atoms with E-state index >= 15 is 0 Å². The molecule has 35 heavy (non-hydrogen) atoms.